The Bertz CT molecular complexity index is 615. The molecule has 0 saturated heterocycles. The zero-order valence-electron chi connectivity index (χ0n) is 12.8. The fourth-order valence-electron chi connectivity index (χ4n) is 2.67. The molecule has 22 heavy (non-hydrogen) atoms. The molecule has 1 amide bonds. The quantitative estimate of drug-likeness (QED) is 0.849. The number of benzene rings is 1. The fraction of sp³-hybridized carbons (Fsp3) is 0.389. The largest absolute Gasteiger partial charge is 0.494 e. The lowest BCUT2D eigenvalue weighted by molar-refractivity contribution is -0.120. The van der Waals surface area contributed by atoms with Crippen molar-refractivity contribution < 1.29 is 9.53 Å². The summed E-state index contributed by atoms with van der Waals surface area (Å²) in [5.74, 6) is 0.937. The van der Waals surface area contributed by atoms with Gasteiger partial charge < -0.3 is 10.1 Å². The van der Waals surface area contributed by atoms with Gasteiger partial charge in [0.25, 0.3) is 0 Å². The third-order valence-corrected chi connectivity index (χ3v) is 4.89. The Morgan fingerprint density at radius 2 is 2.05 bits per heavy atom. The van der Waals surface area contributed by atoms with Crippen LogP contribution in [-0.4, -0.2) is 19.1 Å². The molecule has 3 rings (SSSR count). The van der Waals surface area contributed by atoms with Crippen molar-refractivity contribution in [3.8, 4) is 5.75 Å². The summed E-state index contributed by atoms with van der Waals surface area (Å²) in [5, 5.41) is 7.40. The molecular weight excluding hydrogens is 294 g/mol. The van der Waals surface area contributed by atoms with E-state index in [2.05, 4.69) is 22.1 Å². The maximum atomic E-state index is 12.1. The van der Waals surface area contributed by atoms with Crippen molar-refractivity contribution in [1.29, 1.82) is 0 Å². The van der Waals surface area contributed by atoms with E-state index in [4.69, 9.17) is 4.74 Å². The van der Waals surface area contributed by atoms with E-state index in [0.717, 1.165) is 17.9 Å². The first-order chi connectivity index (χ1) is 10.7. The zero-order chi connectivity index (χ0) is 15.4. The van der Waals surface area contributed by atoms with Gasteiger partial charge in [0.05, 0.1) is 13.0 Å². The molecule has 0 spiro atoms. The average Bonchev–Trinajstić information content (AvgIpc) is 3.11. The van der Waals surface area contributed by atoms with Gasteiger partial charge in [-0.2, -0.15) is 11.3 Å². The molecule has 1 saturated carbocycles. The third kappa shape index (κ3) is 3.50. The summed E-state index contributed by atoms with van der Waals surface area (Å²) in [6.45, 7) is 3.37. The molecule has 1 aliphatic rings. The normalized spacial score (nSPS) is 15.3. The van der Waals surface area contributed by atoms with Crippen molar-refractivity contribution in [2.45, 2.75) is 31.6 Å². The highest BCUT2D eigenvalue weighted by Crippen LogP contribution is 2.48. The molecule has 0 unspecified atom stereocenters. The second-order valence-electron chi connectivity index (χ2n) is 5.82. The van der Waals surface area contributed by atoms with Crippen LogP contribution in [0.3, 0.4) is 0 Å². The lowest BCUT2D eigenvalue weighted by atomic mass is 9.99. The molecule has 1 aliphatic carbocycles. The van der Waals surface area contributed by atoms with E-state index in [0.29, 0.717) is 13.0 Å². The SMILES string of the molecule is CCOc1ccc(CC(=O)NCC2(c3ccsc3)CC2)cc1. The lowest BCUT2D eigenvalue weighted by Crippen LogP contribution is -2.33. The Kier molecular flexibility index (Phi) is 4.48. The van der Waals surface area contributed by atoms with Gasteiger partial charge in [-0.15, -0.1) is 0 Å². The number of hydrogen-bond donors (Lipinski definition) is 1. The molecule has 116 valence electrons. The molecule has 4 heteroatoms. The van der Waals surface area contributed by atoms with Gasteiger partial charge in [0.15, 0.2) is 0 Å². The summed E-state index contributed by atoms with van der Waals surface area (Å²) in [6.07, 6.45) is 2.77. The van der Waals surface area contributed by atoms with Gasteiger partial charge in [-0.05, 0) is 59.9 Å². The molecular formula is C18H21NO2S. The Balaban J connectivity index is 1.50. The number of carbonyl (C=O) groups excluding carboxylic acids is 1. The minimum absolute atomic E-state index is 0.0886. The first-order valence-corrected chi connectivity index (χ1v) is 8.67. The maximum Gasteiger partial charge on any atom is 0.224 e. The monoisotopic (exact) mass is 315 g/mol. The fourth-order valence-corrected chi connectivity index (χ4v) is 3.45. The molecule has 3 nitrogen and oxygen atoms in total. The highest BCUT2D eigenvalue weighted by Gasteiger charge is 2.44. The van der Waals surface area contributed by atoms with Gasteiger partial charge in [-0.25, -0.2) is 0 Å². The summed E-state index contributed by atoms with van der Waals surface area (Å²) < 4.78 is 5.41. The minimum Gasteiger partial charge on any atom is -0.494 e. The number of hydrogen-bond acceptors (Lipinski definition) is 3. The van der Waals surface area contributed by atoms with Gasteiger partial charge in [-0.3, -0.25) is 4.79 Å². The topological polar surface area (TPSA) is 38.3 Å². The second-order valence-corrected chi connectivity index (χ2v) is 6.60. The Hall–Kier alpha value is -1.81. The molecule has 0 aliphatic heterocycles. The van der Waals surface area contributed by atoms with E-state index >= 15 is 0 Å². The van der Waals surface area contributed by atoms with Crippen molar-refractivity contribution in [2.24, 2.45) is 0 Å². The van der Waals surface area contributed by atoms with Crippen LogP contribution in [0.25, 0.3) is 0 Å². The summed E-state index contributed by atoms with van der Waals surface area (Å²) in [6, 6.07) is 9.92. The zero-order valence-corrected chi connectivity index (χ0v) is 13.6. The predicted molar refractivity (Wildman–Crippen MR) is 89.6 cm³/mol. The van der Waals surface area contributed by atoms with Crippen molar-refractivity contribution in [2.75, 3.05) is 13.2 Å². The second kappa shape index (κ2) is 6.53. The van der Waals surface area contributed by atoms with Gasteiger partial charge >= 0.3 is 0 Å². The van der Waals surface area contributed by atoms with Crippen LogP contribution in [0.1, 0.15) is 30.9 Å². The van der Waals surface area contributed by atoms with E-state index in [9.17, 15) is 4.79 Å². The molecule has 2 aromatic rings. The minimum atomic E-state index is 0.0886. The smallest absolute Gasteiger partial charge is 0.224 e. The van der Waals surface area contributed by atoms with Crippen LogP contribution >= 0.6 is 11.3 Å². The number of thiophene rings is 1. The molecule has 1 fully saturated rings. The van der Waals surface area contributed by atoms with Crippen LogP contribution in [-0.2, 0) is 16.6 Å². The van der Waals surface area contributed by atoms with Gasteiger partial charge in [0, 0.05) is 12.0 Å². The molecule has 1 aromatic heterocycles. The molecule has 0 atom stereocenters. The Morgan fingerprint density at radius 1 is 1.27 bits per heavy atom. The highest BCUT2D eigenvalue weighted by atomic mass is 32.1. The van der Waals surface area contributed by atoms with E-state index in [1.165, 1.54) is 18.4 Å². The molecule has 0 radical (unpaired) electrons. The first-order valence-electron chi connectivity index (χ1n) is 7.73. The van der Waals surface area contributed by atoms with Gasteiger partial charge in [0.1, 0.15) is 5.75 Å². The van der Waals surface area contributed by atoms with Crippen LogP contribution in [0.2, 0.25) is 0 Å². The van der Waals surface area contributed by atoms with Crippen molar-refractivity contribution in [3.05, 3.63) is 52.2 Å². The standard InChI is InChI=1S/C18H21NO2S/c1-2-21-16-5-3-14(4-6-16)11-17(20)19-13-18(8-9-18)15-7-10-22-12-15/h3-7,10,12H,2,8-9,11,13H2,1H3,(H,19,20). The van der Waals surface area contributed by atoms with Crippen molar-refractivity contribution >= 4 is 17.2 Å². The first kappa shape index (κ1) is 15.1. The van der Waals surface area contributed by atoms with E-state index in [1.54, 1.807) is 11.3 Å². The van der Waals surface area contributed by atoms with E-state index in [1.807, 2.05) is 31.2 Å². The number of nitrogens with one attached hydrogen (secondary N) is 1. The van der Waals surface area contributed by atoms with Crippen molar-refractivity contribution in [1.82, 2.24) is 5.32 Å². The molecule has 0 bridgehead atoms. The van der Waals surface area contributed by atoms with Gasteiger partial charge in [0.2, 0.25) is 5.91 Å². The average molecular weight is 315 g/mol. The summed E-state index contributed by atoms with van der Waals surface area (Å²) in [7, 11) is 0. The molecule has 1 N–H and O–H groups in total. The molecule has 1 heterocycles. The predicted octanol–water partition coefficient (Wildman–Crippen LogP) is 3.54. The number of carbonyl (C=O) groups is 1. The summed E-state index contributed by atoms with van der Waals surface area (Å²) >= 11 is 1.72. The number of amides is 1. The Morgan fingerprint density at radius 3 is 2.64 bits per heavy atom. The van der Waals surface area contributed by atoms with Crippen molar-refractivity contribution in [3.63, 3.8) is 0 Å². The number of ether oxygens (including phenoxy) is 1. The van der Waals surface area contributed by atoms with Crippen LogP contribution in [0, 0.1) is 0 Å². The highest BCUT2D eigenvalue weighted by molar-refractivity contribution is 7.08. The van der Waals surface area contributed by atoms with Crippen LogP contribution in [0.4, 0.5) is 0 Å². The van der Waals surface area contributed by atoms with Gasteiger partial charge in [-0.1, -0.05) is 12.1 Å². The van der Waals surface area contributed by atoms with Crippen LogP contribution in [0.15, 0.2) is 41.1 Å². The summed E-state index contributed by atoms with van der Waals surface area (Å²) in [4.78, 5) is 12.1. The summed E-state index contributed by atoms with van der Waals surface area (Å²) in [5.41, 5.74) is 2.59. The molecule has 1 aromatic carbocycles. The number of rotatable bonds is 7. The Labute approximate surface area is 135 Å². The maximum absolute atomic E-state index is 12.1. The van der Waals surface area contributed by atoms with E-state index < -0.39 is 0 Å². The van der Waals surface area contributed by atoms with Crippen LogP contribution < -0.4 is 10.1 Å². The van der Waals surface area contributed by atoms with Crippen LogP contribution in [0.5, 0.6) is 5.75 Å². The lowest BCUT2D eigenvalue weighted by Gasteiger charge is -2.15. The third-order valence-electron chi connectivity index (χ3n) is 4.21. The van der Waals surface area contributed by atoms with E-state index in [-0.39, 0.29) is 11.3 Å².